The van der Waals surface area contributed by atoms with Crippen molar-refractivity contribution in [2.24, 2.45) is 0 Å². The Bertz CT molecular complexity index is 909. The smallest absolute Gasteiger partial charge is 0.261 e. The summed E-state index contributed by atoms with van der Waals surface area (Å²) < 4.78 is 16.1. The maximum atomic E-state index is 13.2. The number of carbonyl (C=O) groups is 2. The van der Waals surface area contributed by atoms with Crippen molar-refractivity contribution < 1.29 is 23.8 Å². The number of nitrogens with zero attached hydrogens (tertiary/aromatic N) is 1. The molecule has 7 nitrogen and oxygen atoms in total. The number of rotatable bonds is 10. The molecule has 174 valence electrons. The van der Waals surface area contributed by atoms with Crippen LogP contribution in [0.15, 0.2) is 36.4 Å². The second-order valence-corrected chi connectivity index (χ2v) is 8.21. The minimum absolute atomic E-state index is 0.0504. The van der Waals surface area contributed by atoms with Crippen molar-refractivity contribution in [1.29, 1.82) is 0 Å². The first-order valence-electron chi connectivity index (χ1n) is 10.0. The van der Waals surface area contributed by atoms with E-state index in [9.17, 15) is 9.59 Å². The molecule has 2 aromatic carbocycles. The van der Waals surface area contributed by atoms with Gasteiger partial charge in [-0.1, -0.05) is 29.3 Å². The molecular formula is C23H28Cl2N2O5. The summed E-state index contributed by atoms with van der Waals surface area (Å²) in [5.74, 6) is 0.741. The third-order valence-electron chi connectivity index (χ3n) is 4.68. The summed E-state index contributed by atoms with van der Waals surface area (Å²) in [7, 11) is 3.04. The third kappa shape index (κ3) is 6.93. The Labute approximate surface area is 198 Å². The molecule has 0 heterocycles. The van der Waals surface area contributed by atoms with Gasteiger partial charge in [0.05, 0.1) is 14.2 Å². The first-order chi connectivity index (χ1) is 15.2. The Morgan fingerprint density at radius 3 is 2.00 bits per heavy atom. The van der Waals surface area contributed by atoms with Gasteiger partial charge < -0.3 is 24.4 Å². The molecule has 0 aromatic heterocycles. The average Bonchev–Trinajstić information content (AvgIpc) is 2.76. The molecule has 2 rings (SSSR count). The highest BCUT2D eigenvalue weighted by Crippen LogP contribution is 2.28. The molecule has 0 radical (unpaired) electrons. The van der Waals surface area contributed by atoms with Crippen LogP contribution in [-0.2, 0) is 16.1 Å². The van der Waals surface area contributed by atoms with Gasteiger partial charge in [0.1, 0.15) is 23.3 Å². The second kappa shape index (κ2) is 11.8. The number of halogens is 2. The Morgan fingerprint density at radius 1 is 0.969 bits per heavy atom. The van der Waals surface area contributed by atoms with Crippen LogP contribution < -0.4 is 19.5 Å². The van der Waals surface area contributed by atoms with Crippen molar-refractivity contribution in [3.63, 3.8) is 0 Å². The Morgan fingerprint density at radius 2 is 1.50 bits per heavy atom. The number of benzene rings is 2. The van der Waals surface area contributed by atoms with Crippen LogP contribution in [0.1, 0.15) is 26.3 Å². The molecule has 0 bridgehead atoms. The molecule has 0 saturated heterocycles. The monoisotopic (exact) mass is 482 g/mol. The lowest BCUT2D eigenvalue weighted by Gasteiger charge is -2.30. The van der Waals surface area contributed by atoms with Gasteiger partial charge in [-0.3, -0.25) is 9.59 Å². The molecule has 0 aliphatic carbocycles. The third-order valence-corrected chi connectivity index (χ3v) is 5.38. The highest BCUT2D eigenvalue weighted by molar-refractivity contribution is 6.36. The largest absolute Gasteiger partial charge is 0.496 e. The van der Waals surface area contributed by atoms with Gasteiger partial charge in [0.2, 0.25) is 5.91 Å². The predicted molar refractivity (Wildman–Crippen MR) is 125 cm³/mol. The molecule has 1 atom stereocenters. The van der Waals surface area contributed by atoms with E-state index >= 15 is 0 Å². The van der Waals surface area contributed by atoms with Crippen LogP contribution >= 0.6 is 23.2 Å². The van der Waals surface area contributed by atoms with Crippen molar-refractivity contribution in [1.82, 2.24) is 10.2 Å². The number of hydrogen-bond acceptors (Lipinski definition) is 5. The van der Waals surface area contributed by atoms with Gasteiger partial charge in [-0.15, -0.1) is 0 Å². The summed E-state index contributed by atoms with van der Waals surface area (Å²) in [4.78, 5) is 27.2. The van der Waals surface area contributed by atoms with Crippen molar-refractivity contribution in [3.05, 3.63) is 52.0 Å². The van der Waals surface area contributed by atoms with E-state index in [2.05, 4.69) is 5.32 Å². The molecule has 0 aliphatic heterocycles. The summed E-state index contributed by atoms with van der Waals surface area (Å²) in [6, 6.07) is 9.20. The molecule has 2 aromatic rings. The number of amides is 2. The molecule has 9 heteroatoms. The summed E-state index contributed by atoms with van der Waals surface area (Å²) in [6.07, 6.45) is 0. The van der Waals surface area contributed by atoms with E-state index in [4.69, 9.17) is 37.4 Å². The van der Waals surface area contributed by atoms with Crippen molar-refractivity contribution >= 4 is 35.0 Å². The fourth-order valence-corrected chi connectivity index (χ4v) is 3.45. The van der Waals surface area contributed by atoms with Gasteiger partial charge >= 0.3 is 0 Å². The van der Waals surface area contributed by atoms with E-state index in [1.807, 2.05) is 13.8 Å². The van der Waals surface area contributed by atoms with Gasteiger partial charge in [-0.25, -0.2) is 0 Å². The predicted octanol–water partition coefficient (Wildman–Crippen LogP) is 4.33. The minimum atomic E-state index is -0.777. The first kappa shape index (κ1) is 25.6. The van der Waals surface area contributed by atoms with Crippen LogP contribution in [0.3, 0.4) is 0 Å². The number of nitrogens with one attached hydrogen (secondary N) is 1. The van der Waals surface area contributed by atoms with E-state index in [0.29, 0.717) is 32.9 Å². The van der Waals surface area contributed by atoms with E-state index < -0.39 is 11.9 Å². The lowest BCUT2D eigenvalue weighted by Crippen LogP contribution is -2.50. The molecule has 1 N–H and O–H groups in total. The zero-order valence-electron chi connectivity index (χ0n) is 18.8. The standard InChI is InChI=1S/C23H28Cl2N2O5/c1-14(2)26-23(29)15(3)27(12-19-20(24)7-6-8-21(19)25)22(28)13-32-18-10-16(30-4)9-17(11-18)31-5/h6-11,14-15H,12-13H2,1-5H3,(H,26,29)/t15-/m1/s1. The molecule has 0 saturated carbocycles. The quantitative estimate of drug-likeness (QED) is 0.545. The van der Waals surface area contributed by atoms with Crippen LogP contribution in [0.2, 0.25) is 10.0 Å². The molecule has 0 spiro atoms. The molecule has 32 heavy (non-hydrogen) atoms. The van der Waals surface area contributed by atoms with E-state index in [-0.39, 0.29) is 25.1 Å². The van der Waals surface area contributed by atoms with Crippen LogP contribution in [0.25, 0.3) is 0 Å². The average molecular weight is 483 g/mol. The maximum Gasteiger partial charge on any atom is 0.261 e. The summed E-state index contributed by atoms with van der Waals surface area (Å²) in [5.41, 5.74) is 0.552. The molecule has 0 unspecified atom stereocenters. The maximum absolute atomic E-state index is 13.2. The number of hydrogen-bond donors (Lipinski definition) is 1. The fraction of sp³-hybridized carbons (Fsp3) is 0.391. The SMILES string of the molecule is COc1cc(OC)cc(OCC(=O)N(Cc2c(Cl)cccc2Cl)[C@H](C)C(=O)NC(C)C)c1. The summed E-state index contributed by atoms with van der Waals surface area (Å²) >= 11 is 12.6. The minimum Gasteiger partial charge on any atom is -0.496 e. The van der Waals surface area contributed by atoms with Gasteiger partial charge in [0, 0.05) is 46.4 Å². The molecule has 0 fully saturated rings. The lowest BCUT2D eigenvalue weighted by atomic mass is 10.1. The molecular weight excluding hydrogens is 455 g/mol. The Kier molecular flexibility index (Phi) is 9.47. The highest BCUT2D eigenvalue weighted by atomic mass is 35.5. The van der Waals surface area contributed by atoms with E-state index in [1.54, 1.807) is 43.3 Å². The molecule has 2 amide bonds. The number of methoxy groups -OCH3 is 2. The van der Waals surface area contributed by atoms with Crippen molar-refractivity contribution in [2.45, 2.75) is 39.4 Å². The van der Waals surface area contributed by atoms with Crippen LogP contribution in [0.5, 0.6) is 17.2 Å². The summed E-state index contributed by atoms with van der Waals surface area (Å²) in [6.45, 7) is 5.09. The van der Waals surface area contributed by atoms with Crippen molar-refractivity contribution in [2.75, 3.05) is 20.8 Å². The van der Waals surface area contributed by atoms with Crippen LogP contribution in [0.4, 0.5) is 0 Å². The highest BCUT2D eigenvalue weighted by Gasteiger charge is 2.28. The van der Waals surface area contributed by atoms with Gasteiger partial charge in [0.25, 0.3) is 5.91 Å². The first-order valence-corrected chi connectivity index (χ1v) is 10.8. The molecule has 0 aliphatic rings. The Hall–Kier alpha value is -2.64. The summed E-state index contributed by atoms with van der Waals surface area (Å²) in [5, 5.41) is 3.64. The van der Waals surface area contributed by atoms with Gasteiger partial charge in [-0.05, 0) is 32.9 Å². The fourth-order valence-electron chi connectivity index (χ4n) is 2.93. The van der Waals surface area contributed by atoms with Gasteiger partial charge in [0.15, 0.2) is 6.61 Å². The van der Waals surface area contributed by atoms with Crippen LogP contribution in [0, 0.1) is 0 Å². The van der Waals surface area contributed by atoms with E-state index in [1.165, 1.54) is 19.1 Å². The van der Waals surface area contributed by atoms with Crippen LogP contribution in [-0.4, -0.2) is 49.6 Å². The number of carbonyl (C=O) groups excluding carboxylic acids is 2. The van der Waals surface area contributed by atoms with E-state index in [0.717, 1.165) is 0 Å². The second-order valence-electron chi connectivity index (χ2n) is 7.40. The topological polar surface area (TPSA) is 77.1 Å². The zero-order chi connectivity index (χ0) is 23.8. The van der Waals surface area contributed by atoms with Gasteiger partial charge in [-0.2, -0.15) is 0 Å². The lowest BCUT2D eigenvalue weighted by molar-refractivity contribution is -0.142. The normalized spacial score (nSPS) is 11.6. The van der Waals surface area contributed by atoms with Crippen molar-refractivity contribution in [3.8, 4) is 17.2 Å². The number of ether oxygens (including phenoxy) is 3. The Balaban J connectivity index is 2.26. The zero-order valence-corrected chi connectivity index (χ0v) is 20.3.